The lowest BCUT2D eigenvalue weighted by Crippen LogP contribution is -2.33. The van der Waals surface area contributed by atoms with Gasteiger partial charge >= 0.3 is 0 Å². The normalized spacial score (nSPS) is 22.5. The zero-order chi connectivity index (χ0) is 18.3. The molecule has 2 heterocycles. The van der Waals surface area contributed by atoms with Gasteiger partial charge in [0.15, 0.2) is 9.84 Å². The number of anilines is 1. The van der Waals surface area contributed by atoms with Gasteiger partial charge in [-0.05, 0) is 36.4 Å². The highest BCUT2D eigenvalue weighted by Gasteiger charge is 2.41. The van der Waals surface area contributed by atoms with Gasteiger partial charge in [0.1, 0.15) is 0 Å². The average molecular weight is 370 g/mol. The Balaban J connectivity index is 1.42. The van der Waals surface area contributed by atoms with Crippen LogP contribution in [0.5, 0.6) is 0 Å². The second-order valence-corrected chi connectivity index (χ2v) is 9.28. The first-order valence-corrected chi connectivity index (χ1v) is 10.7. The Morgan fingerprint density at radius 1 is 0.885 bits per heavy atom. The van der Waals surface area contributed by atoms with Crippen LogP contribution in [-0.4, -0.2) is 51.7 Å². The molecule has 136 valence electrons. The number of amides is 1. The molecule has 2 aliphatic heterocycles. The number of para-hydroxylation sites is 1. The van der Waals surface area contributed by atoms with Gasteiger partial charge in [0, 0.05) is 55.5 Å². The van der Waals surface area contributed by atoms with Crippen molar-refractivity contribution in [2.24, 2.45) is 11.8 Å². The van der Waals surface area contributed by atoms with Crippen molar-refractivity contribution in [3.8, 4) is 0 Å². The summed E-state index contributed by atoms with van der Waals surface area (Å²) in [6.07, 6.45) is 1.17. The molecule has 0 spiro atoms. The molecule has 0 saturated carbocycles. The van der Waals surface area contributed by atoms with Gasteiger partial charge in [0.25, 0.3) is 5.91 Å². The molecule has 2 fully saturated rings. The predicted molar refractivity (Wildman–Crippen MR) is 101 cm³/mol. The van der Waals surface area contributed by atoms with Crippen LogP contribution in [0.15, 0.2) is 59.5 Å². The van der Waals surface area contributed by atoms with Crippen molar-refractivity contribution >= 4 is 21.4 Å². The second-order valence-electron chi connectivity index (χ2n) is 7.27. The van der Waals surface area contributed by atoms with Gasteiger partial charge < -0.3 is 9.80 Å². The van der Waals surface area contributed by atoms with Crippen LogP contribution in [0.1, 0.15) is 10.4 Å². The molecule has 0 radical (unpaired) electrons. The molecular formula is C20H22N2O3S. The summed E-state index contributed by atoms with van der Waals surface area (Å²) in [4.78, 5) is 17.3. The Bertz CT molecular complexity index is 896. The zero-order valence-corrected chi connectivity index (χ0v) is 15.5. The van der Waals surface area contributed by atoms with Gasteiger partial charge in [-0.2, -0.15) is 0 Å². The fourth-order valence-corrected chi connectivity index (χ4v) is 4.67. The van der Waals surface area contributed by atoms with Gasteiger partial charge in [0.05, 0.1) is 4.90 Å². The first kappa shape index (κ1) is 17.1. The summed E-state index contributed by atoms with van der Waals surface area (Å²) in [6, 6.07) is 16.6. The second kappa shape index (κ2) is 6.43. The van der Waals surface area contributed by atoms with Crippen molar-refractivity contribution in [1.29, 1.82) is 0 Å². The van der Waals surface area contributed by atoms with Crippen LogP contribution in [0.3, 0.4) is 0 Å². The fourth-order valence-electron chi connectivity index (χ4n) is 4.04. The van der Waals surface area contributed by atoms with Crippen LogP contribution < -0.4 is 4.90 Å². The number of hydrogen-bond donors (Lipinski definition) is 0. The first-order chi connectivity index (χ1) is 12.4. The number of likely N-dealkylation sites (tertiary alicyclic amines) is 1. The Hall–Kier alpha value is -2.34. The summed E-state index contributed by atoms with van der Waals surface area (Å²) in [5.74, 6) is 0.981. The average Bonchev–Trinajstić information content (AvgIpc) is 3.20. The fraction of sp³-hybridized carbons (Fsp3) is 0.350. The van der Waals surface area contributed by atoms with Crippen molar-refractivity contribution in [1.82, 2.24) is 4.90 Å². The Labute approximate surface area is 154 Å². The maximum atomic E-state index is 12.8. The Morgan fingerprint density at radius 3 is 2.00 bits per heavy atom. The van der Waals surface area contributed by atoms with E-state index in [9.17, 15) is 13.2 Å². The molecule has 2 atom stereocenters. The number of rotatable bonds is 3. The van der Waals surface area contributed by atoms with E-state index in [1.807, 2.05) is 11.0 Å². The standard InChI is InChI=1S/C20H22N2O3S/c1-26(24,25)19-9-7-15(8-10-19)20(23)22-13-16-11-21(12-17(16)14-22)18-5-3-2-4-6-18/h2-10,16-17H,11-14H2,1H3. The number of carbonyl (C=O) groups is 1. The molecule has 0 N–H and O–H groups in total. The van der Waals surface area contributed by atoms with Gasteiger partial charge in [-0.15, -0.1) is 0 Å². The van der Waals surface area contributed by atoms with Gasteiger partial charge in [-0.25, -0.2) is 8.42 Å². The van der Waals surface area contributed by atoms with Crippen LogP contribution in [0, 0.1) is 11.8 Å². The minimum atomic E-state index is -3.24. The molecule has 2 aromatic carbocycles. The number of hydrogen-bond acceptors (Lipinski definition) is 4. The van der Waals surface area contributed by atoms with Crippen LogP contribution >= 0.6 is 0 Å². The maximum Gasteiger partial charge on any atom is 0.253 e. The van der Waals surface area contributed by atoms with Crippen molar-refractivity contribution in [2.75, 3.05) is 37.3 Å². The number of fused-ring (bicyclic) bond motifs is 1. The monoisotopic (exact) mass is 370 g/mol. The highest BCUT2D eigenvalue weighted by molar-refractivity contribution is 7.90. The summed E-state index contributed by atoms with van der Waals surface area (Å²) in [5.41, 5.74) is 1.80. The molecule has 4 rings (SSSR count). The van der Waals surface area contributed by atoms with E-state index in [1.165, 1.54) is 24.1 Å². The number of carbonyl (C=O) groups excluding carboxylic acids is 1. The van der Waals surface area contributed by atoms with Crippen LogP contribution in [-0.2, 0) is 9.84 Å². The maximum absolute atomic E-state index is 12.8. The van der Waals surface area contributed by atoms with E-state index in [1.54, 1.807) is 12.1 Å². The quantitative estimate of drug-likeness (QED) is 0.832. The predicted octanol–water partition coefficient (Wildman–Crippen LogP) is 2.30. The molecule has 0 aliphatic carbocycles. The molecule has 2 aliphatic rings. The van der Waals surface area contributed by atoms with E-state index in [0.717, 1.165) is 26.2 Å². The molecule has 2 saturated heterocycles. The van der Waals surface area contributed by atoms with E-state index in [4.69, 9.17) is 0 Å². The van der Waals surface area contributed by atoms with Crippen molar-refractivity contribution < 1.29 is 13.2 Å². The SMILES string of the molecule is CS(=O)(=O)c1ccc(C(=O)N2CC3CN(c4ccccc4)CC3C2)cc1. The van der Waals surface area contributed by atoms with Crippen molar-refractivity contribution in [2.45, 2.75) is 4.90 Å². The Kier molecular flexibility index (Phi) is 4.23. The van der Waals surface area contributed by atoms with E-state index in [0.29, 0.717) is 17.4 Å². The lowest BCUT2D eigenvalue weighted by atomic mass is 10.0. The highest BCUT2D eigenvalue weighted by Crippen LogP contribution is 2.34. The Morgan fingerprint density at radius 2 is 1.46 bits per heavy atom. The summed E-state index contributed by atoms with van der Waals surface area (Å²) in [5, 5.41) is 0. The molecule has 26 heavy (non-hydrogen) atoms. The molecular weight excluding hydrogens is 348 g/mol. The minimum absolute atomic E-state index is 0.00860. The molecule has 0 bridgehead atoms. The van der Waals surface area contributed by atoms with Crippen molar-refractivity contribution in [3.63, 3.8) is 0 Å². The summed E-state index contributed by atoms with van der Waals surface area (Å²) in [7, 11) is -3.24. The smallest absolute Gasteiger partial charge is 0.253 e. The molecule has 0 aromatic heterocycles. The minimum Gasteiger partial charge on any atom is -0.371 e. The lowest BCUT2D eigenvalue weighted by molar-refractivity contribution is 0.0782. The van der Waals surface area contributed by atoms with Crippen molar-refractivity contribution in [3.05, 3.63) is 60.2 Å². The zero-order valence-electron chi connectivity index (χ0n) is 14.7. The summed E-state index contributed by atoms with van der Waals surface area (Å²) >= 11 is 0. The van der Waals surface area contributed by atoms with Gasteiger partial charge in [-0.1, -0.05) is 18.2 Å². The van der Waals surface area contributed by atoms with Crippen LogP contribution in [0.2, 0.25) is 0 Å². The van der Waals surface area contributed by atoms with Crippen LogP contribution in [0.4, 0.5) is 5.69 Å². The lowest BCUT2D eigenvalue weighted by Gasteiger charge is -2.23. The molecule has 1 amide bonds. The number of nitrogens with zero attached hydrogens (tertiary/aromatic N) is 2. The molecule has 5 nitrogen and oxygen atoms in total. The number of benzene rings is 2. The highest BCUT2D eigenvalue weighted by atomic mass is 32.2. The largest absolute Gasteiger partial charge is 0.371 e. The third-order valence-corrected chi connectivity index (χ3v) is 6.55. The first-order valence-electron chi connectivity index (χ1n) is 8.81. The van der Waals surface area contributed by atoms with Crippen LogP contribution in [0.25, 0.3) is 0 Å². The molecule has 2 unspecified atom stereocenters. The van der Waals surface area contributed by atoms with E-state index < -0.39 is 9.84 Å². The van der Waals surface area contributed by atoms with E-state index in [-0.39, 0.29) is 10.8 Å². The topological polar surface area (TPSA) is 57.7 Å². The third kappa shape index (κ3) is 3.21. The summed E-state index contributed by atoms with van der Waals surface area (Å²) in [6.45, 7) is 3.48. The molecule has 6 heteroatoms. The van der Waals surface area contributed by atoms with E-state index in [2.05, 4.69) is 29.2 Å². The summed E-state index contributed by atoms with van der Waals surface area (Å²) < 4.78 is 23.1. The van der Waals surface area contributed by atoms with Gasteiger partial charge in [0.2, 0.25) is 0 Å². The van der Waals surface area contributed by atoms with E-state index >= 15 is 0 Å². The third-order valence-electron chi connectivity index (χ3n) is 5.42. The number of sulfone groups is 1. The molecule has 2 aromatic rings. The van der Waals surface area contributed by atoms with Gasteiger partial charge in [-0.3, -0.25) is 4.79 Å².